The molecule has 0 fully saturated rings. The lowest BCUT2D eigenvalue weighted by atomic mass is 10.1. The lowest BCUT2D eigenvalue weighted by Gasteiger charge is -2.12. The van der Waals surface area contributed by atoms with E-state index in [1.54, 1.807) is 46.0 Å². The molecule has 0 spiro atoms. The van der Waals surface area contributed by atoms with Crippen molar-refractivity contribution in [1.29, 1.82) is 0 Å². The number of amides is 2. The fourth-order valence-corrected chi connectivity index (χ4v) is 3.37. The summed E-state index contributed by atoms with van der Waals surface area (Å²) in [6.45, 7) is 3.72. The van der Waals surface area contributed by atoms with Gasteiger partial charge in [0.2, 0.25) is 5.91 Å². The van der Waals surface area contributed by atoms with Crippen molar-refractivity contribution >= 4 is 23.1 Å². The van der Waals surface area contributed by atoms with E-state index in [1.165, 1.54) is 6.20 Å². The molecular weight excluding hydrogens is 384 g/mol. The Balaban J connectivity index is 1.53. The molecule has 0 atom stereocenters. The minimum atomic E-state index is -0.576. The Bertz CT molecular complexity index is 1240. The van der Waals surface area contributed by atoms with E-state index in [0.29, 0.717) is 23.6 Å². The molecule has 152 valence electrons. The number of anilines is 1. The summed E-state index contributed by atoms with van der Waals surface area (Å²) >= 11 is 0. The Hall–Kier alpha value is -4.08. The van der Waals surface area contributed by atoms with Gasteiger partial charge in [0.25, 0.3) is 5.91 Å². The monoisotopic (exact) mass is 404 g/mol. The zero-order valence-electron chi connectivity index (χ0n) is 16.5. The number of aromatic nitrogens is 6. The molecule has 10 nitrogen and oxygen atoms in total. The number of aryl methyl sites for hydroxylation is 2. The smallest absolute Gasteiger partial charge is 0.254 e. The first-order valence-corrected chi connectivity index (χ1v) is 9.34. The van der Waals surface area contributed by atoms with Gasteiger partial charge in [-0.25, -0.2) is 19.2 Å². The molecule has 0 unspecified atom stereocenters. The second-order valence-electron chi connectivity index (χ2n) is 6.79. The number of pyridine rings is 1. The Morgan fingerprint density at radius 3 is 2.73 bits per heavy atom. The Morgan fingerprint density at radius 2 is 2.00 bits per heavy atom. The van der Waals surface area contributed by atoms with Crippen LogP contribution in [0.3, 0.4) is 0 Å². The normalized spacial score (nSPS) is 11.0. The van der Waals surface area contributed by atoms with Crippen LogP contribution in [0.25, 0.3) is 11.5 Å². The predicted octanol–water partition coefficient (Wildman–Crippen LogP) is 1.60. The maximum Gasteiger partial charge on any atom is 0.254 e. The van der Waals surface area contributed by atoms with Crippen molar-refractivity contribution in [2.24, 2.45) is 5.73 Å². The van der Waals surface area contributed by atoms with E-state index >= 15 is 0 Å². The molecule has 0 saturated carbocycles. The number of nitrogens with two attached hydrogens (primary N) is 1. The van der Waals surface area contributed by atoms with E-state index < -0.39 is 5.91 Å². The summed E-state index contributed by atoms with van der Waals surface area (Å²) in [5.74, 6) is -0.191. The van der Waals surface area contributed by atoms with Gasteiger partial charge in [0.1, 0.15) is 5.56 Å². The number of hydrogen-bond acceptors (Lipinski definition) is 6. The van der Waals surface area contributed by atoms with Crippen LogP contribution >= 0.6 is 0 Å². The van der Waals surface area contributed by atoms with Gasteiger partial charge in [-0.2, -0.15) is 10.2 Å². The third-order valence-corrected chi connectivity index (χ3v) is 4.86. The van der Waals surface area contributed by atoms with Crippen molar-refractivity contribution in [2.75, 3.05) is 5.32 Å². The highest BCUT2D eigenvalue weighted by Crippen LogP contribution is 2.20. The van der Waals surface area contributed by atoms with Gasteiger partial charge < -0.3 is 11.1 Å². The molecular formula is C20H20N8O2. The summed E-state index contributed by atoms with van der Waals surface area (Å²) < 4.78 is 3.17. The second kappa shape index (κ2) is 7.74. The Labute approximate surface area is 171 Å². The molecule has 0 aliphatic heterocycles. The maximum absolute atomic E-state index is 12.6. The Kier molecular flexibility index (Phi) is 4.97. The highest BCUT2D eigenvalue weighted by molar-refractivity contribution is 5.98. The molecule has 4 rings (SSSR count). The van der Waals surface area contributed by atoms with E-state index in [9.17, 15) is 9.59 Å². The van der Waals surface area contributed by atoms with Gasteiger partial charge in [-0.1, -0.05) is 0 Å². The van der Waals surface area contributed by atoms with Crippen LogP contribution in [0.2, 0.25) is 0 Å². The fraction of sp³-hybridized carbons (Fsp3) is 0.200. The quantitative estimate of drug-likeness (QED) is 0.501. The number of nitrogens with one attached hydrogen (secondary N) is 1. The molecule has 0 radical (unpaired) electrons. The third-order valence-electron chi connectivity index (χ3n) is 4.86. The molecule has 4 aromatic heterocycles. The van der Waals surface area contributed by atoms with Crippen LogP contribution in [0.15, 0.2) is 43.0 Å². The molecule has 0 aliphatic rings. The molecule has 2 amide bonds. The summed E-state index contributed by atoms with van der Waals surface area (Å²) in [6, 6.07) is 5.32. The van der Waals surface area contributed by atoms with Crippen molar-refractivity contribution < 1.29 is 9.59 Å². The topological polar surface area (TPSA) is 133 Å². The molecule has 4 aromatic rings. The highest BCUT2D eigenvalue weighted by Gasteiger charge is 2.17. The number of carbonyl (C=O) groups is 2. The molecule has 30 heavy (non-hydrogen) atoms. The maximum atomic E-state index is 12.6. The van der Waals surface area contributed by atoms with Gasteiger partial charge in [-0.05, 0) is 44.0 Å². The number of rotatable bonds is 6. The van der Waals surface area contributed by atoms with E-state index in [2.05, 4.69) is 25.5 Å². The lowest BCUT2D eigenvalue weighted by Crippen LogP contribution is -2.16. The summed E-state index contributed by atoms with van der Waals surface area (Å²) in [6.07, 6.45) is 7.17. The predicted molar refractivity (Wildman–Crippen MR) is 109 cm³/mol. The standard InChI is InChI=1S/C20H20N8O2/c1-12-14(13(2)28-19(25-12)15(11-24-28)18(21)30)6-7-17(29)26-16-5-3-8-22-20(16)27-10-4-9-23-27/h3-5,8-11H,6-7H2,1-2H3,(H2,21,30)(H,26,29). The molecule has 10 heteroatoms. The second-order valence-corrected chi connectivity index (χ2v) is 6.79. The van der Waals surface area contributed by atoms with Crippen LogP contribution in [0, 0.1) is 13.8 Å². The molecule has 0 bridgehead atoms. The largest absolute Gasteiger partial charge is 0.365 e. The van der Waals surface area contributed by atoms with Gasteiger partial charge >= 0.3 is 0 Å². The minimum Gasteiger partial charge on any atom is -0.365 e. The number of hydrogen-bond donors (Lipinski definition) is 2. The number of primary amides is 1. The van der Waals surface area contributed by atoms with Crippen molar-refractivity contribution in [3.63, 3.8) is 0 Å². The zero-order chi connectivity index (χ0) is 21.3. The van der Waals surface area contributed by atoms with E-state index in [0.717, 1.165) is 17.0 Å². The van der Waals surface area contributed by atoms with Crippen LogP contribution in [0.4, 0.5) is 5.69 Å². The molecule has 0 saturated heterocycles. The highest BCUT2D eigenvalue weighted by atomic mass is 16.2. The van der Waals surface area contributed by atoms with Crippen LogP contribution in [0.5, 0.6) is 0 Å². The van der Waals surface area contributed by atoms with Gasteiger partial charge in [0.05, 0.1) is 11.9 Å². The van der Waals surface area contributed by atoms with Gasteiger partial charge in [-0.15, -0.1) is 0 Å². The first-order valence-electron chi connectivity index (χ1n) is 9.34. The van der Waals surface area contributed by atoms with Crippen LogP contribution in [-0.4, -0.2) is 41.2 Å². The average Bonchev–Trinajstić information content (AvgIpc) is 3.38. The van der Waals surface area contributed by atoms with Gasteiger partial charge in [-0.3, -0.25) is 9.59 Å². The van der Waals surface area contributed by atoms with Crippen molar-refractivity contribution in [3.05, 3.63) is 65.5 Å². The first-order chi connectivity index (χ1) is 14.5. The van der Waals surface area contributed by atoms with Crippen LogP contribution in [-0.2, 0) is 11.2 Å². The van der Waals surface area contributed by atoms with Gasteiger partial charge in [0, 0.05) is 36.4 Å². The van der Waals surface area contributed by atoms with E-state index in [-0.39, 0.29) is 17.9 Å². The minimum absolute atomic E-state index is 0.159. The Morgan fingerprint density at radius 1 is 1.17 bits per heavy atom. The number of fused-ring (bicyclic) bond motifs is 1. The van der Waals surface area contributed by atoms with Crippen LogP contribution in [0.1, 0.15) is 33.7 Å². The zero-order valence-corrected chi connectivity index (χ0v) is 16.5. The van der Waals surface area contributed by atoms with E-state index in [1.807, 2.05) is 13.8 Å². The van der Waals surface area contributed by atoms with Crippen molar-refractivity contribution in [3.8, 4) is 5.82 Å². The van der Waals surface area contributed by atoms with Gasteiger partial charge in [0.15, 0.2) is 11.5 Å². The molecule has 0 aromatic carbocycles. The van der Waals surface area contributed by atoms with Crippen molar-refractivity contribution in [1.82, 2.24) is 29.4 Å². The number of carbonyl (C=O) groups excluding carboxylic acids is 2. The lowest BCUT2D eigenvalue weighted by molar-refractivity contribution is -0.116. The SMILES string of the molecule is Cc1nc2c(C(N)=O)cnn2c(C)c1CCC(=O)Nc1cccnc1-n1cccn1. The van der Waals surface area contributed by atoms with Crippen molar-refractivity contribution in [2.45, 2.75) is 26.7 Å². The van der Waals surface area contributed by atoms with Crippen LogP contribution < -0.4 is 11.1 Å². The fourth-order valence-electron chi connectivity index (χ4n) is 3.37. The number of nitrogens with zero attached hydrogens (tertiary/aromatic N) is 6. The molecule has 3 N–H and O–H groups in total. The average molecular weight is 404 g/mol. The first kappa shape index (κ1) is 19.2. The molecule has 4 heterocycles. The summed E-state index contributed by atoms with van der Waals surface area (Å²) in [4.78, 5) is 32.9. The summed E-state index contributed by atoms with van der Waals surface area (Å²) in [5, 5.41) is 11.3. The molecule has 0 aliphatic carbocycles. The van der Waals surface area contributed by atoms with E-state index in [4.69, 9.17) is 5.73 Å². The third kappa shape index (κ3) is 3.50. The summed E-state index contributed by atoms with van der Waals surface area (Å²) in [5.41, 5.74) is 9.10. The summed E-state index contributed by atoms with van der Waals surface area (Å²) in [7, 11) is 0.